The van der Waals surface area contributed by atoms with Crippen molar-refractivity contribution < 1.29 is 8.78 Å². The summed E-state index contributed by atoms with van der Waals surface area (Å²) in [6.07, 6.45) is 0. The summed E-state index contributed by atoms with van der Waals surface area (Å²) < 4.78 is 26.6. The number of hydrogen-bond acceptors (Lipinski definition) is 3. The van der Waals surface area contributed by atoms with Gasteiger partial charge in [-0.15, -0.1) is 0 Å². The Hall–Kier alpha value is -1.88. The molecule has 5 heteroatoms. The van der Waals surface area contributed by atoms with Crippen LogP contribution >= 0.6 is 0 Å². The summed E-state index contributed by atoms with van der Waals surface area (Å²) in [7, 11) is 0. The first-order chi connectivity index (χ1) is 8.10. The van der Waals surface area contributed by atoms with Crippen molar-refractivity contribution >= 4 is 0 Å². The van der Waals surface area contributed by atoms with Crippen LogP contribution in [0.25, 0.3) is 11.4 Å². The van der Waals surface area contributed by atoms with Crippen LogP contribution in [0.2, 0.25) is 0 Å². The molecule has 0 radical (unpaired) electrons. The van der Waals surface area contributed by atoms with Crippen LogP contribution < -0.4 is 5.73 Å². The molecule has 0 bridgehead atoms. The highest BCUT2D eigenvalue weighted by Crippen LogP contribution is 2.20. The quantitative estimate of drug-likeness (QED) is 0.868. The lowest BCUT2D eigenvalue weighted by molar-refractivity contribution is 0.602. The van der Waals surface area contributed by atoms with Gasteiger partial charge < -0.3 is 5.73 Å². The Kier molecular flexibility index (Phi) is 3.10. The fourth-order valence-electron chi connectivity index (χ4n) is 1.53. The Balaban J connectivity index is 2.59. The van der Waals surface area contributed by atoms with Gasteiger partial charge in [0.25, 0.3) is 0 Å². The van der Waals surface area contributed by atoms with E-state index in [4.69, 9.17) is 5.73 Å². The second kappa shape index (κ2) is 4.55. The molecule has 0 atom stereocenters. The molecule has 0 aliphatic rings. The third-order valence-corrected chi connectivity index (χ3v) is 2.29. The molecule has 1 aromatic heterocycles. The van der Waals surface area contributed by atoms with Crippen LogP contribution in [0, 0.1) is 18.6 Å². The molecule has 0 spiro atoms. The molecule has 0 unspecified atom stereocenters. The number of rotatable bonds is 2. The van der Waals surface area contributed by atoms with Crippen molar-refractivity contribution in [3.8, 4) is 11.4 Å². The minimum absolute atomic E-state index is 0.0448. The summed E-state index contributed by atoms with van der Waals surface area (Å²) in [4.78, 5) is 8.16. The molecule has 2 N–H and O–H groups in total. The third kappa shape index (κ3) is 2.45. The Labute approximate surface area is 97.3 Å². The van der Waals surface area contributed by atoms with Crippen LogP contribution in [0.15, 0.2) is 24.3 Å². The van der Waals surface area contributed by atoms with Crippen molar-refractivity contribution in [2.45, 2.75) is 13.5 Å². The fraction of sp³-hybridized carbons (Fsp3) is 0.167. The highest BCUT2D eigenvalue weighted by Gasteiger charge is 2.10. The number of aromatic nitrogens is 2. The van der Waals surface area contributed by atoms with Gasteiger partial charge in [-0.05, 0) is 31.2 Å². The molecule has 17 heavy (non-hydrogen) atoms. The first kappa shape index (κ1) is 11.6. The lowest BCUT2D eigenvalue weighted by Gasteiger charge is -2.05. The molecule has 2 rings (SSSR count). The number of nitrogens with two attached hydrogens (primary N) is 1. The van der Waals surface area contributed by atoms with Crippen molar-refractivity contribution in [3.63, 3.8) is 0 Å². The van der Waals surface area contributed by atoms with Gasteiger partial charge in [0.15, 0.2) is 5.82 Å². The van der Waals surface area contributed by atoms with E-state index in [9.17, 15) is 8.78 Å². The van der Waals surface area contributed by atoms with Gasteiger partial charge in [-0.1, -0.05) is 0 Å². The van der Waals surface area contributed by atoms with Gasteiger partial charge in [-0.25, -0.2) is 18.7 Å². The van der Waals surface area contributed by atoms with E-state index >= 15 is 0 Å². The molecule has 1 heterocycles. The Morgan fingerprint density at radius 3 is 2.65 bits per heavy atom. The van der Waals surface area contributed by atoms with Crippen LogP contribution in [0.3, 0.4) is 0 Å². The largest absolute Gasteiger partial charge is 0.325 e. The van der Waals surface area contributed by atoms with Crippen LogP contribution in [-0.4, -0.2) is 9.97 Å². The number of halogens is 2. The first-order valence-electron chi connectivity index (χ1n) is 5.10. The van der Waals surface area contributed by atoms with Crippen molar-refractivity contribution in [1.29, 1.82) is 0 Å². The molecule has 0 amide bonds. The number of benzene rings is 1. The van der Waals surface area contributed by atoms with Crippen LogP contribution in [0.5, 0.6) is 0 Å². The van der Waals surface area contributed by atoms with E-state index in [1.165, 1.54) is 0 Å². The van der Waals surface area contributed by atoms with Crippen molar-refractivity contribution in [2.24, 2.45) is 5.73 Å². The van der Waals surface area contributed by atoms with E-state index in [1.807, 2.05) is 0 Å². The summed E-state index contributed by atoms with van der Waals surface area (Å²) in [5.74, 6) is -0.928. The topological polar surface area (TPSA) is 51.8 Å². The zero-order valence-corrected chi connectivity index (χ0v) is 9.24. The highest BCUT2D eigenvalue weighted by molar-refractivity contribution is 5.56. The molecule has 0 aliphatic carbocycles. The number of hydrogen-bond donors (Lipinski definition) is 1. The summed E-state index contributed by atoms with van der Waals surface area (Å²) >= 11 is 0. The van der Waals surface area contributed by atoms with Gasteiger partial charge >= 0.3 is 0 Å². The summed E-state index contributed by atoms with van der Waals surface area (Å²) in [6, 6.07) is 4.89. The maximum absolute atomic E-state index is 13.5. The monoisotopic (exact) mass is 235 g/mol. The molecule has 2 aromatic rings. The fourth-order valence-corrected chi connectivity index (χ4v) is 1.53. The van der Waals surface area contributed by atoms with Gasteiger partial charge in [0.1, 0.15) is 11.6 Å². The van der Waals surface area contributed by atoms with Crippen LogP contribution in [0.4, 0.5) is 8.78 Å². The van der Waals surface area contributed by atoms with Gasteiger partial charge in [-0.2, -0.15) is 0 Å². The number of aryl methyl sites for hydroxylation is 1. The summed E-state index contributed by atoms with van der Waals surface area (Å²) in [5, 5.41) is 0. The molecule has 0 saturated heterocycles. The standard InChI is InChI=1S/C12H11F2N3/c1-7-4-9(6-15)17-12(16-7)10-5-8(13)2-3-11(10)14/h2-5H,6,15H2,1H3. The predicted octanol–water partition coefficient (Wildman–Crippen LogP) is 2.19. The molecule has 0 saturated carbocycles. The van der Waals surface area contributed by atoms with Crippen molar-refractivity contribution in [3.05, 3.63) is 47.3 Å². The zero-order chi connectivity index (χ0) is 12.4. The Morgan fingerprint density at radius 2 is 1.94 bits per heavy atom. The lowest BCUT2D eigenvalue weighted by atomic mass is 10.2. The second-order valence-electron chi connectivity index (χ2n) is 3.65. The van der Waals surface area contributed by atoms with Crippen molar-refractivity contribution in [2.75, 3.05) is 0 Å². The molecular formula is C12H11F2N3. The molecule has 0 fully saturated rings. The summed E-state index contributed by atoms with van der Waals surface area (Å²) in [5.41, 5.74) is 6.78. The Bertz CT molecular complexity index is 555. The molecule has 88 valence electrons. The lowest BCUT2D eigenvalue weighted by Crippen LogP contribution is -2.04. The maximum Gasteiger partial charge on any atom is 0.162 e. The minimum Gasteiger partial charge on any atom is -0.325 e. The predicted molar refractivity (Wildman–Crippen MR) is 60.0 cm³/mol. The minimum atomic E-state index is -0.556. The van der Waals surface area contributed by atoms with Gasteiger partial charge in [0.2, 0.25) is 0 Å². The van der Waals surface area contributed by atoms with Gasteiger partial charge in [0, 0.05) is 12.2 Å². The molecule has 1 aromatic carbocycles. The molecular weight excluding hydrogens is 224 g/mol. The van der Waals surface area contributed by atoms with Gasteiger partial charge in [-0.3, -0.25) is 0 Å². The molecule has 3 nitrogen and oxygen atoms in total. The SMILES string of the molecule is Cc1cc(CN)nc(-c2cc(F)ccc2F)n1. The molecule has 0 aliphatic heterocycles. The van der Waals surface area contributed by atoms with E-state index < -0.39 is 11.6 Å². The zero-order valence-electron chi connectivity index (χ0n) is 9.24. The maximum atomic E-state index is 13.5. The normalized spacial score (nSPS) is 10.6. The van der Waals surface area contributed by atoms with Crippen LogP contribution in [0.1, 0.15) is 11.4 Å². The van der Waals surface area contributed by atoms with Crippen LogP contribution in [-0.2, 0) is 6.54 Å². The van der Waals surface area contributed by atoms with E-state index in [0.717, 1.165) is 18.2 Å². The van der Waals surface area contributed by atoms with E-state index in [2.05, 4.69) is 9.97 Å². The summed E-state index contributed by atoms with van der Waals surface area (Å²) in [6.45, 7) is 1.98. The smallest absolute Gasteiger partial charge is 0.162 e. The second-order valence-corrected chi connectivity index (χ2v) is 3.65. The first-order valence-corrected chi connectivity index (χ1v) is 5.10. The van der Waals surface area contributed by atoms with E-state index in [0.29, 0.717) is 11.4 Å². The average Bonchev–Trinajstić information content (AvgIpc) is 2.31. The van der Waals surface area contributed by atoms with Gasteiger partial charge in [0.05, 0.1) is 11.3 Å². The van der Waals surface area contributed by atoms with E-state index in [1.54, 1.807) is 13.0 Å². The third-order valence-electron chi connectivity index (χ3n) is 2.29. The number of nitrogens with zero attached hydrogens (tertiary/aromatic N) is 2. The highest BCUT2D eigenvalue weighted by atomic mass is 19.1. The van der Waals surface area contributed by atoms with E-state index in [-0.39, 0.29) is 17.9 Å². The van der Waals surface area contributed by atoms with Crippen molar-refractivity contribution in [1.82, 2.24) is 9.97 Å². The Morgan fingerprint density at radius 1 is 1.18 bits per heavy atom. The average molecular weight is 235 g/mol.